The monoisotopic (exact) mass is 307 g/mol. The van der Waals surface area contributed by atoms with Crippen molar-refractivity contribution in [3.63, 3.8) is 0 Å². The zero-order valence-electron chi connectivity index (χ0n) is 12.0. The fraction of sp³-hybridized carbons (Fsp3) is 0.467. The lowest BCUT2D eigenvalue weighted by Gasteiger charge is -2.28. The average Bonchev–Trinajstić information content (AvgIpc) is 2.76. The first-order valence-electron chi connectivity index (χ1n) is 7.10. The second-order valence-corrected chi connectivity index (χ2v) is 5.77. The third-order valence-electron chi connectivity index (χ3n) is 3.87. The van der Waals surface area contributed by atoms with Crippen LogP contribution in [0.15, 0.2) is 29.4 Å². The molecular weight excluding hydrogens is 290 g/mol. The lowest BCUT2D eigenvalue weighted by Crippen LogP contribution is -2.43. The van der Waals surface area contributed by atoms with E-state index in [9.17, 15) is 4.79 Å². The summed E-state index contributed by atoms with van der Waals surface area (Å²) in [6.07, 6.45) is 0. The van der Waals surface area contributed by atoms with E-state index in [1.807, 2.05) is 19.1 Å². The number of nitrogens with zero attached hydrogens (tertiary/aromatic N) is 3. The van der Waals surface area contributed by atoms with Gasteiger partial charge in [-0.05, 0) is 25.1 Å². The molecule has 3 rings (SSSR count). The van der Waals surface area contributed by atoms with Crippen molar-refractivity contribution in [2.24, 2.45) is 11.0 Å². The molecule has 21 heavy (non-hydrogen) atoms. The smallest absolute Gasteiger partial charge is 0.257 e. The summed E-state index contributed by atoms with van der Waals surface area (Å²) in [4.78, 5) is 14.9. The predicted octanol–water partition coefficient (Wildman–Crippen LogP) is 2.01. The maximum atomic E-state index is 12.6. The summed E-state index contributed by atoms with van der Waals surface area (Å²) in [5.74, 6) is -0.164. The van der Waals surface area contributed by atoms with Gasteiger partial charge in [-0.1, -0.05) is 17.7 Å². The lowest BCUT2D eigenvalue weighted by atomic mass is 10.0. The number of morpholine rings is 1. The minimum Gasteiger partial charge on any atom is -0.379 e. The van der Waals surface area contributed by atoms with Crippen LogP contribution in [0.2, 0.25) is 5.02 Å². The van der Waals surface area contributed by atoms with E-state index in [1.54, 1.807) is 12.1 Å². The van der Waals surface area contributed by atoms with Crippen LogP contribution >= 0.6 is 11.6 Å². The van der Waals surface area contributed by atoms with E-state index in [0.29, 0.717) is 11.6 Å². The van der Waals surface area contributed by atoms with Crippen LogP contribution < -0.4 is 5.01 Å². The van der Waals surface area contributed by atoms with Crippen LogP contribution in [-0.4, -0.2) is 49.4 Å². The number of benzene rings is 1. The molecule has 0 N–H and O–H groups in total. The minimum absolute atomic E-state index is 0.0151. The number of rotatable bonds is 3. The first-order valence-corrected chi connectivity index (χ1v) is 7.47. The molecule has 2 aliphatic rings. The van der Waals surface area contributed by atoms with E-state index in [4.69, 9.17) is 16.3 Å². The number of hydrogen-bond acceptors (Lipinski definition) is 4. The zero-order chi connectivity index (χ0) is 14.8. The first kappa shape index (κ1) is 14.5. The molecule has 1 amide bonds. The molecule has 0 aromatic heterocycles. The van der Waals surface area contributed by atoms with Crippen molar-refractivity contribution in [1.29, 1.82) is 0 Å². The fourth-order valence-corrected chi connectivity index (χ4v) is 2.83. The molecule has 1 fully saturated rings. The molecule has 0 bridgehead atoms. The van der Waals surface area contributed by atoms with Gasteiger partial charge in [0.25, 0.3) is 5.91 Å². The van der Waals surface area contributed by atoms with E-state index in [1.165, 1.54) is 5.01 Å². The highest BCUT2D eigenvalue weighted by Crippen LogP contribution is 2.26. The molecule has 0 radical (unpaired) electrons. The Hall–Kier alpha value is -1.43. The first-order chi connectivity index (χ1) is 10.1. The predicted molar refractivity (Wildman–Crippen MR) is 82.8 cm³/mol. The molecule has 0 unspecified atom stereocenters. The molecule has 5 nitrogen and oxygen atoms in total. The van der Waals surface area contributed by atoms with Crippen LogP contribution in [-0.2, 0) is 9.53 Å². The van der Waals surface area contributed by atoms with E-state index >= 15 is 0 Å². The van der Waals surface area contributed by atoms with E-state index in [2.05, 4.69) is 10.0 Å². The van der Waals surface area contributed by atoms with Gasteiger partial charge in [0.15, 0.2) is 0 Å². The summed E-state index contributed by atoms with van der Waals surface area (Å²) < 4.78 is 5.34. The van der Waals surface area contributed by atoms with Crippen molar-refractivity contribution in [2.75, 3.05) is 37.9 Å². The summed E-state index contributed by atoms with van der Waals surface area (Å²) in [5, 5.41) is 6.48. The number of halogens is 1. The molecule has 112 valence electrons. The number of ether oxygens (including phenoxy) is 1. The topological polar surface area (TPSA) is 45.1 Å². The second-order valence-electron chi connectivity index (χ2n) is 5.34. The number of hydrazone groups is 1. The average molecular weight is 308 g/mol. The molecule has 1 aromatic carbocycles. The Morgan fingerprint density at radius 3 is 2.86 bits per heavy atom. The zero-order valence-corrected chi connectivity index (χ0v) is 12.7. The molecule has 2 heterocycles. The molecule has 1 saturated heterocycles. The Labute approximate surface area is 129 Å². The summed E-state index contributed by atoms with van der Waals surface area (Å²) in [6.45, 7) is 5.81. The Kier molecular flexibility index (Phi) is 4.24. The van der Waals surface area contributed by atoms with Gasteiger partial charge in [-0.25, -0.2) is 5.01 Å². The highest BCUT2D eigenvalue weighted by Gasteiger charge is 2.35. The second kappa shape index (κ2) is 6.13. The van der Waals surface area contributed by atoms with Gasteiger partial charge in [0, 0.05) is 30.4 Å². The van der Waals surface area contributed by atoms with Gasteiger partial charge < -0.3 is 4.74 Å². The number of hydrogen-bond donors (Lipinski definition) is 0. The molecule has 0 saturated carbocycles. The van der Waals surface area contributed by atoms with Gasteiger partial charge in [0.1, 0.15) is 0 Å². The summed E-state index contributed by atoms with van der Waals surface area (Å²) >= 11 is 5.99. The SMILES string of the molecule is CC1=NN(c2cccc(Cl)c2)C(=O)[C@H]1CN1CCOCC1. The van der Waals surface area contributed by atoms with Crippen molar-refractivity contribution in [1.82, 2.24) is 4.90 Å². The third-order valence-corrected chi connectivity index (χ3v) is 4.10. The normalized spacial score (nSPS) is 23.5. The Balaban J connectivity index is 1.74. The van der Waals surface area contributed by atoms with Crippen molar-refractivity contribution < 1.29 is 9.53 Å². The van der Waals surface area contributed by atoms with Gasteiger partial charge in [-0.3, -0.25) is 9.69 Å². The lowest BCUT2D eigenvalue weighted by molar-refractivity contribution is -0.120. The fourth-order valence-electron chi connectivity index (χ4n) is 2.65. The van der Waals surface area contributed by atoms with E-state index < -0.39 is 0 Å². The van der Waals surface area contributed by atoms with Crippen LogP contribution in [0, 0.1) is 5.92 Å². The molecular formula is C15H18ClN3O2. The van der Waals surface area contributed by atoms with Gasteiger partial charge in [0.2, 0.25) is 0 Å². The van der Waals surface area contributed by atoms with E-state index in [-0.39, 0.29) is 11.8 Å². The number of carbonyl (C=O) groups is 1. The minimum atomic E-state index is -0.179. The molecule has 6 heteroatoms. The molecule has 1 aromatic rings. The largest absolute Gasteiger partial charge is 0.379 e. The van der Waals surface area contributed by atoms with Crippen molar-refractivity contribution >= 4 is 28.9 Å². The van der Waals surface area contributed by atoms with Crippen LogP contribution in [0.4, 0.5) is 5.69 Å². The molecule has 1 atom stereocenters. The number of anilines is 1. The molecule has 2 aliphatic heterocycles. The third kappa shape index (κ3) is 3.10. The van der Waals surface area contributed by atoms with Crippen molar-refractivity contribution in [2.45, 2.75) is 6.92 Å². The van der Waals surface area contributed by atoms with Gasteiger partial charge in [-0.2, -0.15) is 5.10 Å². The Bertz CT molecular complexity index is 570. The van der Waals surface area contributed by atoms with Crippen LogP contribution in [0.5, 0.6) is 0 Å². The highest BCUT2D eigenvalue weighted by molar-refractivity contribution is 6.31. The number of carbonyl (C=O) groups excluding carboxylic acids is 1. The van der Waals surface area contributed by atoms with Crippen LogP contribution in [0.1, 0.15) is 6.92 Å². The Morgan fingerprint density at radius 2 is 2.14 bits per heavy atom. The quantitative estimate of drug-likeness (QED) is 0.858. The maximum absolute atomic E-state index is 12.6. The van der Waals surface area contributed by atoms with Crippen LogP contribution in [0.25, 0.3) is 0 Å². The van der Waals surface area contributed by atoms with Gasteiger partial charge in [0.05, 0.1) is 24.8 Å². The summed E-state index contributed by atoms with van der Waals surface area (Å²) in [7, 11) is 0. The standard InChI is InChI=1S/C15H18ClN3O2/c1-11-14(10-18-5-7-21-8-6-18)15(20)19(17-11)13-4-2-3-12(16)9-13/h2-4,9,14H,5-8,10H2,1H3/t14-/m0/s1. The molecule has 0 spiro atoms. The van der Waals surface area contributed by atoms with E-state index in [0.717, 1.165) is 37.7 Å². The summed E-state index contributed by atoms with van der Waals surface area (Å²) in [5.41, 5.74) is 1.57. The van der Waals surface area contributed by atoms with Gasteiger partial charge in [-0.15, -0.1) is 0 Å². The maximum Gasteiger partial charge on any atom is 0.257 e. The van der Waals surface area contributed by atoms with Gasteiger partial charge >= 0.3 is 0 Å². The summed E-state index contributed by atoms with van der Waals surface area (Å²) in [6, 6.07) is 7.21. The highest BCUT2D eigenvalue weighted by atomic mass is 35.5. The Morgan fingerprint density at radius 1 is 1.38 bits per heavy atom. The van der Waals surface area contributed by atoms with Crippen molar-refractivity contribution in [3.05, 3.63) is 29.3 Å². The van der Waals surface area contributed by atoms with Crippen LogP contribution in [0.3, 0.4) is 0 Å². The number of amides is 1. The molecule has 0 aliphatic carbocycles. The van der Waals surface area contributed by atoms with Crippen molar-refractivity contribution in [3.8, 4) is 0 Å².